The zero-order chi connectivity index (χ0) is 22.3. The number of halogens is 1. The van der Waals surface area contributed by atoms with Crippen molar-refractivity contribution in [1.29, 1.82) is 0 Å². The molecule has 1 amide bonds. The summed E-state index contributed by atoms with van der Waals surface area (Å²) in [6.45, 7) is 9.77. The van der Waals surface area contributed by atoms with E-state index in [9.17, 15) is 14.0 Å². The van der Waals surface area contributed by atoms with Crippen LogP contribution in [0.15, 0.2) is 42.5 Å². The van der Waals surface area contributed by atoms with Gasteiger partial charge in [-0.2, -0.15) is 0 Å². The highest BCUT2D eigenvalue weighted by atomic mass is 31.2. The number of aryl methyl sites for hydroxylation is 2. The van der Waals surface area contributed by atoms with Crippen LogP contribution in [-0.4, -0.2) is 36.0 Å². The summed E-state index contributed by atoms with van der Waals surface area (Å²) in [5.74, 6) is -0.702. The minimum absolute atomic E-state index is 0.124. The predicted octanol–water partition coefficient (Wildman–Crippen LogP) is 5.57. The third kappa shape index (κ3) is 5.89. The Kier molecular flexibility index (Phi) is 8.54. The van der Waals surface area contributed by atoms with Crippen molar-refractivity contribution in [1.82, 2.24) is 0 Å². The molecule has 1 unspecified atom stereocenters. The summed E-state index contributed by atoms with van der Waals surface area (Å²) in [5.41, 5.74) is 2.65. The molecule has 162 valence electrons. The van der Waals surface area contributed by atoms with Crippen LogP contribution < -0.4 is 5.32 Å². The Morgan fingerprint density at radius 3 is 2.17 bits per heavy atom. The molecule has 0 radical (unpaired) electrons. The predicted molar refractivity (Wildman–Crippen MR) is 123 cm³/mol. The van der Waals surface area contributed by atoms with Crippen LogP contribution in [0, 0.1) is 19.7 Å². The molecule has 2 rings (SSSR count). The molecule has 0 spiro atoms. The largest absolute Gasteiger partial charge is 0.458 e. The average molecular weight is 432 g/mol. The summed E-state index contributed by atoms with van der Waals surface area (Å²) in [5, 5.41) is 2.98. The lowest BCUT2D eigenvalue weighted by molar-refractivity contribution is -0.141. The molecule has 0 aliphatic heterocycles. The summed E-state index contributed by atoms with van der Waals surface area (Å²) in [6, 6.07) is 12.4. The van der Waals surface area contributed by atoms with E-state index in [2.05, 4.69) is 5.32 Å². The lowest BCUT2D eigenvalue weighted by Crippen LogP contribution is -2.33. The number of nitrogens with one attached hydrogen (secondary N) is 1. The van der Waals surface area contributed by atoms with Crippen LogP contribution in [-0.2, 0) is 20.9 Å². The van der Waals surface area contributed by atoms with E-state index in [-0.39, 0.29) is 36.1 Å². The monoisotopic (exact) mass is 432 g/mol. The van der Waals surface area contributed by atoms with E-state index in [4.69, 9.17) is 4.74 Å². The van der Waals surface area contributed by atoms with Crippen LogP contribution in [0.3, 0.4) is 0 Å². The first-order valence-corrected chi connectivity index (χ1v) is 12.8. The molecule has 1 atom stereocenters. The Bertz CT molecular complexity index is 858. The summed E-state index contributed by atoms with van der Waals surface area (Å²) in [7, 11) is -1.92. The molecular weight excluding hydrogens is 400 g/mol. The first-order chi connectivity index (χ1) is 14.2. The van der Waals surface area contributed by atoms with E-state index in [1.807, 2.05) is 51.1 Å². The maximum Gasteiger partial charge on any atom is 0.344 e. The molecule has 0 heterocycles. The Morgan fingerprint density at radius 1 is 1.07 bits per heavy atom. The Balaban J connectivity index is 2.10. The van der Waals surface area contributed by atoms with Crippen LogP contribution in [0.1, 0.15) is 37.5 Å². The molecule has 0 aliphatic carbocycles. The van der Waals surface area contributed by atoms with Gasteiger partial charge in [0, 0.05) is 12.9 Å². The summed E-state index contributed by atoms with van der Waals surface area (Å²) in [4.78, 5) is 25.7. The Hall–Kier alpha value is -2.26. The fourth-order valence-corrected chi connectivity index (χ4v) is 7.19. The van der Waals surface area contributed by atoms with Crippen LogP contribution in [0.25, 0.3) is 0 Å². The molecule has 0 aliphatic rings. The second kappa shape index (κ2) is 10.7. The van der Waals surface area contributed by atoms with Gasteiger partial charge in [0.05, 0.1) is 12.3 Å². The van der Waals surface area contributed by atoms with Crippen LogP contribution >= 0.6 is 7.26 Å². The molecule has 1 N–H and O–H groups in total. The third-order valence-corrected chi connectivity index (χ3v) is 11.2. The number of esters is 1. The highest BCUT2D eigenvalue weighted by Gasteiger charge is 2.46. The lowest BCUT2D eigenvalue weighted by Gasteiger charge is -2.30. The van der Waals surface area contributed by atoms with Crippen molar-refractivity contribution in [3.8, 4) is 0 Å². The number of rotatable bonds is 9. The van der Waals surface area contributed by atoms with Gasteiger partial charge in [-0.1, -0.05) is 30.3 Å². The van der Waals surface area contributed by atoms with Crippen molar-refractivity contribution in [2.24, 2.45) is 0 Å². The smallest absolute Gasteiger partial charge is 0.344 e. The Morgan fingerprint density at radius 2 is 1.63 bits per heavy atom. The second-order valence-corrected chi connectivity index (χ2v) is 12.5. The molecule has 0 bridgehead atoms. The Labute approximate surface area is 179 Å². The fraction of sp³-hybridized carbons (Fsp3) is 0.417. The average Bonchev–Trinajstić information content (AvgIpc) is 2.73. The normalized spacial score (nSPS) is 12.3. The van der Waals surface area contributed by atoms with Crippen molar-refractivity contribution in [3.05, 3.63) is 65.0 Å². The zero-order valence-corrected chi connectivity index (χ0v) is 19.4. The van der Waals surface area contributed by atoms with Crippen molar-refractivity contribution in [3.63, 3.8) is 0 Å². The molecule has 0 saturated heterocycles. The molecule has 0 saturated carbocycles. The highest BCUT2D eigenvalue weighted by molar-refractivity contribution is 7.78. The number of carbonyl (C=O) groups is 2. The van der Waals surface area contributed by atoms with Gasteiger partial charge in [0.25, 0.3) is 5.91 Å². The van der Waals surface area contributed by atoms with Crippen molar-refractivity contribution >= 4 is 24.8 Å². The quantitative estimate of drug-likeness (QED) is 0.416. The minimum atomic E-state index is -1.92. The number of hydrogen-bond donors (Lipinski definition) is 1. The fourth-order valence-electron chi connectivity index (χ4n) is 3.76. The van der Waals surface area contributed by atoms with Gasteiger partial charge in [-0.3, -0.25) is 4.79 Å². The van der Waals surface area contributed by atoms with Gasteiger partial charge in [0.15, 0.2) is 6.16 Å². The standard InChI is InChI=1S/C24H31FNO3P/c1-6-30(7-2,16-22(27)29-15-20-11-9-8-10-12-20)19(5)24(28)26-23-17(3)13-21(25)14-18(23)4/h8-14,19H,6-7,15-16H2,1-5H3/p+1. The lowest BCUT2D eigenvalue weighted by atomic mass is 10.1. The van der Waals surface area contributed by atoms with Crippen molar-refractivity contribution in [2.45, 2.75) is 46.9 Å². The van der Waals surface area contributed by atoms with Crippen LogP contribution in [0.2, 0.25) is 0 Å². The molecule has 2 aromatic rings. The summed E-state index contributed by atoms with van der Waals surface area (Å²) >= 11 is 0. The topological polar surface area (TPSA) is 55.4 Å². The number of amides is 1. The minimum Gasteiger partial charge on any atom is -0.458 e. The first-order valence-electron chi connectivity index (χ1n) is 10.3. The van der Waals surface area contributed by atoms with Gasteiger partial charge in [-0.25, -0.2) is 9.18 Å². The zero-order valence-electron chi connectivity index (χ0n) is 18.5. The number of anilines is 1. The molecule has 0 fully saturated rings. The number of benzene rings is 2. The molecular formula is C24H32FNO3P+. The van der Waals surface area contributed by atoms with E-state index >= 15 is 0 Å². The maximum absolute atomic E-state index is 13.6. The number of carbonyl (C=O) groups excluding carboxylic acids is 2. The van der Waals surface area contributed by atoms with Gasteiger partial charge in [0.1, 0.15) is 18.1 Å². The van der Waals surface area contributed by atoms with Gasteiger partial charge in [-0.15, -0.1) is 0 Å². The summed E-state index contributed by atoms with van der Waals surface area (Å²) in [6.07, 6.45) is 1.84. The highest BCUT2D eigenvalue weighted by Crippen LogP contribution is 2.62. The molecule has 4 nitrogen and oxygen atoms in total. The van der Waals surface area contributed by atoms with Crippen LogP contribution in [0.4, 0.5) is 10.1 Å². The molecule has 0 aromatic heterocycles. The van der Waals surface area contributed by atoms with Gasteiger partial charge < -0.3 is 10.1 Å². The second-order valence-electron chi connectivity index (χ2n) is 7.74. The summed E-state index contributed by atoms with van der Waals surface area (Å²) < 4.78 is 19.1. The van der Waals surface area contributed by atoms with Gasteiger partial charge in [0.2, 0.25) is 0 Å². The van der Waals surface area contributed by atoms with Crippen molar-refractivity contribution in [2.75, 3.05) is 23.8 Å². The van der Waals surface area contributed by atoms with E-state index in [1.165, 1.54) is 12.1 Å². The molecule has 30 heavy (non-hydrogen) atoms. The molecule has 6 heteroatoms. The van der Waals surface area contributed by atoms with Gasteiger partial charge in [-0.05, 0) is 63.4 Å². The number of ether oxygens (including phenoxy) is 1. The van der Waals surface area contributed by atoms with E-state index in [0.717, 1.165) is 17.9 Å². The molecule has 2 aromatic carbocycles. The first kappa shape index (κ1) is 24.0. The SMILES string of the molecule is CC[P+](CC)(CC(=O)OCc1ccccc1)C(C)C(=O)Nc1c(C)cc(F)cc1C. The maximum atomic E-state index is 13.6. The van der Waals surface area contributed by atoms with Crippen LogP contribution in [0.5, 0.6) is 0 Å². The number of hydrogen-bond acceptors (Lipinski definition) is 3. The van der Waals surface area contributed by atoms with E-state index < -0.39 is 7.26 Å². The van der Waals surface area contributed by atoms with E-state index in [1.54, 1.807) is 13.8 Å². The van der Waals surface area contributed by atoms with Crippen molar-refractivity contribution < 1.29 is 18.7 Å². The van der Waals surface area contributed by atoms with E-state index in [0.29, 0.717) is 16.8 Å². The van der Waals surface area contributed by atoms with Gasteiger partial charge >= 0.3 is 5.97 Å². The third-order valence-electron chi connectivity index (χ3n) is 5.89.